The fourth-order valence-electron chi connectivity index (χ4n) is 3.31. The molecule has 0 aliphatic carbocycles. The number of nitrogens with zero attached hydrogens (tertiary/aromatic N) is 3. The van der Waals surface area contributed by atoms with Gasteiger partial charge < -0.3 is 4.90 Å². The molecule has 4 rings (SSSR count). The maximum atomic E-state index is 13.4. The Kier molecular flexibility index (Phi) is 4.99. The van der Waals surface area contributed by atoms with E-state index in [1.165, 1.54) is 17.0 Å². The second kappa shape index (κ2) is 7.56. The van der Waals surface area contributed by atoms with Crippen molar-refractivity contribution in [3.8, 4) is 16.9 Å². The molecular formula is C21H20FN3OS. The first-order valence-corrected chi connectivity index (χ1v) is 10.2. The minimum absolute atomic E-state index is 0.0460. The van der Waals surface area contributed by atoms with Crippen LogP contribution in [0.3, 0.4) is 0 Å². The summed E-state index contributed by atoms with van der Waals surface area (Å²) in [6.45, 7) is 1.56. The van der Waals surface area contributed by atoms with Crippen molar-refractivity contribution < 1.29 is 9.18 Å². The Bertz CT molecular complexity index is 945. The van der Waals surface area contributed by atoms with E-state index in [4.69, 9.17) is 0 Å². The van der Waals surface area contributed by atoms with Gasteiger partial charge in [-0.05, 0) is 61.6 Å². The SMILES string of the molecule is CSc1ccc(-c2cc(C(=O)N3CCCC3)nn2-c2ccc(F)cc2)cc1. The lowest BCUT2D eigenvalue weighted by Crippen LogP contribution is -2.28. The topological polar surface area (TPSA) is 38.1 Å². The third-order valence-corrected chi connectivity index (χ3v) is 5.52. The van der Waals surface area contributed by atoms with E-state index in [1.807, 2.05) is 41.5 Å². The van der Waals surface area contributed by atoms with Crippen molar-refractivity contribution >= 4 is 17.7 Å². The highest BCUT2D eigenvalue weighted by Crippen LogP contribution is 2.27. The first kappa shape index (κ1) is 17.8. The van der Waals surface area contributed by atoms with Gasteiger partial charge in [-0.3, -0.25) is 4.79 Å². The van der Waals surface area contributed by atoms with Crippen LogP contribution in [0.2, 0.25) is 0 Å². The summed E-state index contributed by atoms with van der Waals surface area (Å²) in [4.78, 5) is 15.8. The standard InChI is InChI=1S/C21H20FN3OS/c1-27-18-10-4-15(5-11-18)20-14-19(21(26)24-12-2-3-13-24)23-25(20)17-8-6-16(22)7-9-17/h4-11,14H,2-3,12-13H2,1H3. The highest BCUT2D eigenvalue weighted by Gasteiger charge is 2.24. The average molecular weight is 381 g/mol. The quantitative estimate of drug-likeness (QED) is 0.618. The van der Waals surface area contributed by atoms with E-state index in [0.29, 0.717) is 5.69 Å². The summed E-state index contributed by atoms with van der Waals surface area (Å²) in [6.07, 6.45) is 4.10. The molecule has 2 aromatic carbocycles. The molecule has 1 amide bonds. The minimum atomic E-state index is -0.301. The number of rotatable bonds is 4. The van der Waals surface area contributed by atoms with Crippen molar-refractivity contribution in [2.45, 2.75) is 17.7 Å². The molecule has 0 unspecified atom stereocenters. The maximum Gasteiger partial charge on any atom is 0.274 e. The molecule has 138 valence electrons. The van der Waals surface area contributed by atoms with E-state index in [1.54, 1.807) is 28.6 Å². The first-order valence-electron chi connectivity index (χ1n) is 8.95. The van der Waals surface area contributed by atoms with Crippen molar-refractivity contribution in [1.82, 2.24) is 14.7 Å². The van der Waals surface area contributed by atoms with Crippen LogP contribution < -0.4 is 0 Å². The molecule has 1 aromatic heterocycles. The molecule has 6 heteroatoms. The van der Waals surface area contributed by atoms with Crippen molar-refractivity contribution in [2.24, 2.45) is 0 Å². The van der Waals surface area contributed by atoms with Gasteiger partial charge in [-0.1, -0.05) is 12.1 Å². The molecule has 1 fully saturated rings. The molecule has 1 aliphatic rings. The van der Waals surface area contributed by atoms with E-state index < -0.39 is 0 Å². The Morgan fingerprint density at radius 3 is 2.33 bits per heavy atom. The summed E-state index contributed by atoms with van der Waals surface area (Å²) < 4.78 is 15.1. The molecule has 0 radical (unpaired) electrons. The summed E-state index contributed by atoms with van der Waals surface area (Å²) >= 11 is 1.68. The highest BCUT2D eigenvalue weighted by molar-refractivity contribution is 7.98. The summed E-state index contributed by atoms with van der Waals surface area (Å²) in [6, 6.07) is 16.1. The Morgan fingerprint density at radius 2 is 1.70 bits per heavy atom. The van der Waals surface area contributed by atoms with Gasteiger partial charge in [0.05, 0.1) is 11.4 Å². The number of hydrogen-bond donors (Lipinski definition) is 0. The van der Waals surface area contributed by atoms with Gasteiger partial charge in [-0.2, -0.15) is 5.10 Å². The van der Waals surface area contributed by atoms with Crippen molar-refractivity contribution in [3.63, 3.8) is 0 Å². The van der Waals surface area contributed by atoms with Crippen LogP contribution in [0.25, 0.3) is 16.9 Å². The number of aromatic nitrogens is 2. The second-order valence-corrected chi connectivity index (χ2v) is 7.41. The molecule has 1 saturated heterocycles. The minimum Gasteiger partial charge on any atom is -0.337 e. The third kappa shape index (κ3) is 3.62. The molecule has 0 atom stereocenters. The highest BCUT2D eigenvalue weighted by atomic mass is 32.2. The smallest absolute Gasteiger partial charge is 0.274 e. The van der Waals surface area contributed by atoms with Crippen LogP contribution in [0.4, 0.5) is 4.39 Å². The fraction of sp³-hybridized carbons (Fsp3) is 0.238. The number of carbonyl (C=O) groups is 1. The zero-order valence-corrected chi connectivity index (χ0v) is 15.9. The maximum absolute atomic E-state index is 13.4. The first-order chi connectivity index (χ1) is 13.2. The van der Waals surface area contributed by atoms with Crippen LogP contribution in [-0.2, 0) is 0 Å². The lowest BCUT2D eigenvalue weighted by molar-refractivity contribution is 0.0786. The van der Waals surface area contributed by atoms with Crippen LogP contribution >= 0.6 is 11.8 Å². The van der Waals surface area contributed by atoms with Gasteiger partial charge in [-0.15, -0.1) is 11.8 Å². The monoisotopic (exact) mass is 381 g/mol. The molecule has 1 aliphatic heterocycles. The van der Waals surface area contributed by atoms with Crippen LogP contribution in [0.1, 0.15) is 23.3 Å². The van der Waals surface area contributed by atoms with E-state index in [9.17, 15) is 9.18 Å². The molecule has 3 aromatic rings. The van der Waals surface area contributed by atoms with Crippen LogP contribution in [0.15, 0.2) is 59.5 Å². The van der Waals surface area contributed by atoms with Gasteiger partial charge in [0.15, 0.2) is 5.69 Å². The Hall–Kier alpha value is -2.60. The number of halogens is 1. The summed E-state index contributed by atoms with van der Waals surface area (Å²) in [5, 5.41) is 4.57. The summed E-state index contributed by atoms with van der Waals surface area (Å²) in [5.41, 5.74) is 2.92. The van der Waals surface area contributed by atoms with Gasteiger partial charge >= 0.3 is 0 Å². The molecule has 0 bridgehead atoms. The Balaban J connectivity index is 1.78. The van der Waals surface area contributed by atoms with E-state index >= 15 is 0 Å². The zero-order chi connectivity index (χ0) is 18.8. The van der Waals surface area contributed by atoms with Crippen molar-refractivity contribution in [3.05, 3.63) is 66.1 Å². The van der Waals surface area contributed by atoms with Gasteiger partial charge in [0.25, 0.3) is 5.91 Å². The largest absolute Gasteiger partial charge is 0.337 e. The third-order valence-electron chi connectivity index (χ3n) is 4.78. The molecule has 0 saturated carbocycles. The molecule has 2 heterocycles. The molecule has 4 nitrogen and oxygen atoms in total. The van der Waals surface area contributed by atoms with Gasteiger partial charge in [0.1, 0.15) is 5.82 Å². The number of hydrogen-bond acceptors (Lipinski definition) is 3. The van der Waals surface area contributed by atoms with E-state index in [-0.39, 0.29) is 11.7 Å². The molecule has 0 spiro atoms. The number of benzene rings is 2. The molecule has 27 heavy (non-hydrogen) atoms. The van der Waals surface area contributed by atoms with E-state index in [2.05, 4.69) is 5.10 Å². The molecule has 0 N–H and O–H groups in total. The predicted molar refractivity (Wildman–Crippen MR) is 106 cm³/mol. The summed E-state index contributed by atoms with van der Waals surface area (Å²) in [7, 11) is 0. The van der Waals surface area contributed by atoms with Crippen LogP contribution in [0, 0.1) is 5.82 Å². The average Bonchev–Trinajstić information content (AvgIpc) is 3.38. The zero-order valence-electron chi connectivity index (χ0n) is 15.1. The lowest BCUT2D eigenvalue weighted by atomic mass is 10.1. The number of carbonyl (C=O) groups excluding carboxylic acids is 1. The number of thioether (sulfide) groups is 1. The number of amides is 1. The second-order valence-electron chi connectivity index (χ2n) is 6.53. The van der Waals surface area contributed by atoms with Gasteiger partial charge in [0.2, 0.25) is 0 Å². The normalized spacial score (nSPS) is 13.9. The molecular weight excluding hydrogens is 361 g/mol. The Morgan fingerprint density at radius 1 is 1.04 bits per heavy atom. The van der Waals surface area contributed by atoms with Gasteiger partial charge in [-0.25, -0.2) is 9.07 Å². The predicted octanol–water partition coefficient (Wildman–Crippen LogP) is 4.64. The van der Waals surface area contributed by atoms with Crippen molar-refractivity contribution in [1.29, 1.82) is 0 Å². The van der Waals surface area contributed by atoms with E-state index in [0.717, 1.165) is 42.9 Å². The van der Waals surface area contributed by atoms with Crippen molar-refractivity contribution in [2.75, 3.05) is 19.3 Å². The Labute approximate surface area is 162 Å². The fourth-order valence-corrected chi connectivity index (χ4v) is 3.72. The number of likely N-dealkylation sites (tertiary alicyclic amines) is 1. The van der Waals surface area contributed by atoms with Crippen LogP contribution in [-0.4, -0.2) is 39.9 Å². The van der Waals surface area contributed by atoms with Crippen LogP contribution in [0.5, 0.6) is 0 Å². The summed E-state index contributed by atoms with van der Waals surface area (Å²) in [5.74, 6) is -0.347. The van der Waals surface area contributed by atoms with Gasteiger partial charge in [0, 0.05) is 23.5 Å². The lowest BCUT2D eigenvalue weighted by Gasteiger charge is -2.12.